The monoisotopic (exact) mass is 503 g/mol. The number of rotatable bonds is 16. The van der Waals surface area contributed by atoms with Crippen LogP contribution in [0.2, 0.25) is 0 Å². The number of aliphatic hydroxyl groups is 1. The van der Waals surface area contributed by atoms with Gasteiger partial charge in [0.1, 0.15) is 18.1 Å². The minimum atomic E-state index is -1.72. The fraction of sp³-hybridized carbons (Fsp3) is 0.700. The summed E-state index contributed by atoms with van der Waals surface area (Å²) < 4.78 is 0. The number of guanidine groups is 1. The van der Waals surface area contributed by atoms with Crippen molar-refractivity contribution in [1.82, 2.24) is 16.0 Å². The van der Waals surface area contributed by atoms with E-state index in [9.17, 15) is 29.1 Å². The average molecular weight is 504 g/mol. The lowest BCUT2D eigenvalue weighted by Gasteiger charge is -2.28. The van der Waals surface area contributed by atoms with Crippen molar-refractivity contribution in [3.63, 3.8) is 0 Å². The first-order chi connectivity index (χ1) is 16.2. The molecule has 0 aliphatic carbocycles. The minimum absolute atomic E-state index is 0.105. The maximum absolute atomic E-state index is 12.8. The average Bonchev–Trinajstić information content (AvgIpc) is 2.76. The fourth-order valence-corrected chi connectivity index (χ4v) is 2.90. The lowest BCUT2D eigenvalue weighted by atomic mass is 9.97. The van der Waals surface area contributed by atoms with Crippen LogP contribution in [-0.4, -0.2) is 87.8 Å². The van der Waals surface area contributed by atoms with Crippen molar-refractivity contribution in [2.24, 2.45) is 28.1 Å². The van der Waals surface area contributed by atoms with Crippen LogP contribution in [0, 0.1) is 5.92 Å². The molecule has 0 heterocycles. The van der Waals surface area contributed by atoms with Crippen molar-refractivity contribution in [2.75, 3.05) is 6.54 Å². The van der Waals surface area contributed by atoms with Crippen LogP contribution in [0.5, 0.6) is 0 Å². The molecule has 0 aromatic carbocycles. The van der Waals surface area contributed by atoms with Gasteiger partial charge in [-0.3, -0.25) is 24.2 Å². The Hall–Kier alpha value is -3.46. The van der Waals surface area contributed by atoms with Gasteiger partial charge < -0.3 is 48.5 Å². The first kappa shape index (κ1) is 31.5. The van der Waals surface area contributed by atoms with Crippen LogP contribution in [0.4, 0.5) is 0 Å². The smallest absolute Gasteiger partial charge is 0.326 e. The molecule has 15 nitrogen and oxygen atoms in total. The van der Waals surface area contributed by atoms with Crippen LogP contribution in [0.15, 0.2) is 4.99 Å². The van der Waals surface area contributed by atoms with E-state index in [1.54, 1.807) is 13.8 Å². The highest BCUT2D eigenvalue weighted by molar-refractivity contribution is 5.95. The molecule has 0 saturated heterocycles. The highest BCUT2D eigenvalue weighted by Crippen LogP contribution is 2.10. The van der Waals surface area contributed by atoms with Gasteiger partial charge in [0.25, 0.3) is 0 Å². The Kier molecular flexibility index (Phi) is 13.9. The summed E-state index contributed by atoms with van der Waals surface area (Å²) in [4.78, 5) is 63.9. The van der Waals surface area contributed by atoms with Crippen LogP contribution in [0.25, 0.3) is 0 Å². The zero-order chi connectivity index (χ0) is 27.3. The van der Waals surface area contributed by atoms with Gasteiger partial charge in [0.15, 0.2) is 5.96 Å². The van der Waals surface area contributed by atoms with Crippen molar-refractivity contribution in [3.05, 3.63) is 0 Å². The summed E-state index contributed by atoms with van der Waals surface area (Å²) >= 11 is 0. The number of carbonyl (C=O) groups excluding carboxylic acids is 3. The predicted octanol–water partition coefficient (Wildman–Crippen LogP) is -3.19. The van der Waals surface area contributed by atoms with E-state index in [1.165, 1.54) is 6.92 Å². The Morgan fingerprint density at radius 2 is 1.46 bits per heavy atom. The number of nitrogens with two attached hydrogens (primary N) is 3. The summed E-state index contributed by atoms with van der Waals surface area (Å²) in [5.74, 6) is -6.16. The number of carboxylic acid groups (broad SMARTS) is 2. The third-order valence-electron chi connectivity index (χ3n) is 5.15. The summed E-state index contributed by atoms with van der Waals surface area (Å²) in [6, 6.07) is -5.48. The molecule has 0 aromatic heterocycles. The third kappa shape index (κ3) is 12.0. The number of aliphatic imine (C=N–C) groups is 1. The van der Waals surface area contributed by atoms with Crippen LogP contribution in [0.1, 0.15) is 46.5 Å². The standard InChI is InChI=1S/C20H37N7O8/c1-4-9(2)14(17(32)25-12(19(34)35)8-13(29)30)26-18(33)15(10(3)28)27-16(31)11(21)6-5-7-24-20(22)23/h9-12,14-15,28H,4-8,21H2,1-3H3,(H,25,32)(H,26,33)(H,27,31)(H,29,30)(H,34,35)(H4,22,23,24). The van der Waals surface area contributed by atoms with Crippen LogP contribution >= 0.6 is 0 Å². The number of carbonyl (C=O) groups is 5. The molecule has 6 atom stereocenters. The predicted molar refractivity (Wildman–Crippen MR) is 125 cm³/mol. The van der Waals surface area contributed by atoms with Crippen LogP contribution in [0.3, 0.4) is 0 Å². The zero-order valence-electron chi connectivity index (χ0n) is 20.1. The van der Waals surface area contributed by atoms with E-state index in [0.29, 0.717) is 12.8 Å². The second-order valence-corrected chi connectivity index (χ2v) is 8.15. The fourth-order valence-electron chi connectivity index (χ4n) is 2.90. The third-order valence-corrected chi connectivity index (χ3v) is 5.15. The van der Waals surface area contributed by atoms with Crippen molar-refractivity contribution in [2.45, 2.75) is 76.7 Å². The van der Waals surface area contributed by atoms with Crippen molar-refractivity contribution in [3.8, 4) is 0 Å². The maximum Gasteiger partial charge on any atom is 0.326 e. The Morgan fingerprint density at radius 1 is 0.914 bits per heavy atom. The number of aliphatic carboxylic acids is 2. The largest absolute Gasteiger partial charge is 0.481 e. The van der Waals surface area contributed by atoms with E-state index >= 15 is 0 Å². The first-order valence-corrected chi connectivity index (χ1v) is 11.1. The van der Waals surface area contributed by atoms with E-state index < -0.39 is 72.3 Å². The number of carboxylic acids is 2. The molecule has 0 aromatic rings. The lowest BCUT2D eigenvalue weighted by Crippen LogP contribution is -2.61. The molecule has 0 fully saturated rings. The van der Waals surface area contributed by atoms with Gasteiger partial charge in [-0.2, -0.15) is 0 Å². The van der Waals surface area contributed by atoms with Gasteiger partial charge in [-0.15, -0.1) is 0 Å². The van der Waals surface area contributed by atoms with E-state index in [0.717, 1.165) is 0 Å². The molecule has 3 amide bonds. The second-order valence-electron chi connectivity index (χ2n) is 8.15. The number of hydrogen-bond donors (Lipinski definition) is 9. The van der Waals surface area contributed by atoms with Crippen LogP contribution in [-0.2, 0) is 24.0 Å². The first-order valence-electron chi connectivity index (χ1n) is 11.1. The molecule has 0 aliphatic rings. The minimum Gasteiger partial charge on any atom is -0.481 e. The topological polar surface area (TPSA) is 273 Å². The molecular formula is C20H37N7O8. The Labute approximate surface area is 202 Å². The quantitative estimate of drug-likeness (QED) is 0.0574. The molecule has 0 spiro atoms. The summed E-state index contributed by atoms with van der Waals surface area (Å²) in [5.41, 5.74) is 16.3. The summed E-state index contributed by atoms with van der Waals surface area (Å²) in [6.45, 7) is 4.83. The number of hydrogen-bond acceptors (Lipinski definition) is 8. The number of amides is 3. The molecule has 0 rings (SSSR count). The van der Waals surface area contributed by atoms with Gasteiger partial charge in [0.05, 0.1) is 18.6 Å². The highest BCUT2D eigenvalue weighted by atomic mass is 16.4. The molecule has 0 bridgehead atoms. The Balaban J connectivity index is 5.38. The zero-order valence-corrected chi connectivity index (χ0v) is 20.1. The van der Waals surface area contributed by atoms with Crippen molar-refractivity contribution < 1.29 is 39.3 Å². The molecule has 0 radical (unpaired) electrons. The Morgan fingerprint density at radius 3 is 1.91 bits per heavy atom. The second kappa shape index (κ2) is 15.4. The lowest BCUT2D eigenvalue weighted by molar-refractivity contribution is -0.147. The molecule has 0 aliphatic heterocycles. The molecule has 15 heteroatoms. The summed E-state index contributed by atoms with van der Waals surface area (Å²) in [6.07, 6.45) is -1.27. The molecule has 200 valence electrons. The molecule has 6 unspecified atom stereocenters. The number of nitrogens with zero attached hydrogens (tertiary/aromatic N) is 1. The maximum atomic E-state index is 12.8. The molecule has 0 saturated carbocycles. The SMILES string of the molecule is CCC(C)C(NC(=O)C(NC(=O)C(N)CCCN=C(N)N)C(C)O)C(=O)NC(CC(=O)O)C(=O)O. The van der Waals surface area contributed by atoms with Gasteiger partial charge >= 0.3 is 11.9 Å². The van der Waals surface area contributed by atoms with Gasteiger partial charge in [-0.05, 0) is 25.7 Å². The number of nitrogens with one attached hydrogen (secondary N) is 3. The molecule has 35 heavy (non-hydrogen) atoms. The van der Waals surface area contributed by atoms with Gasteiger partial charge in [-0.1, -0.05) is 20.3 Å². The summed E-state index contributed by atoms with van der Waals surface area (Å²) in [5, 5.41) is 34.9. The van der Waals surface area contributed by atoms with Gasteiger partial charge in [-0.25, -0.2) is 4.79 Å². The molecular weight excluding hydrogens is 466 g/mol. The number of aliphatic hydroxyl groups excluding tert-OH is 1. The van der Waals surface area contributed by atoms with Crippen LogP contribution < -0.4 is 33.2 Å². The van der Waals surface area contributed by atoms with Crippen molar-refractivity contribution in [1.29, 1.82) is 0 Å². The molecule has 12 N–H and O–H groups in total. The summed E-state index contributed by atoms with van der Waals surface area (Å²) in [7, 11) is 0. The van der Waals surface area contributed by atoms with E-state index in [1.807, 2.05) is 0 Å². The van der Waals surface area contributed by atoms with E-state index in [2.05, 4.69) is 20.9 Å². The van der Waals surface area contributed by atoms with E-state index in [-0.39, 0.29) is 18.9 Å². The van der Waals surface area contributed by atoms with Gasteiger partial charge in [0.2, 0.25) is 17.7 Å². The Bertz CT molecular complexity index is 785. The van der Waals surface area contributed by atoms with Crippen molar-refractivity contribution >= 4 is 35.6 Å². The highest BCUT2D eigenvalue weighted by Gasteiger charge is 2.34. The van der Waals surface area contributed by atoms with E-state index in [4.69, 9.17) is 27.4 Å². The van der Waals surface area contributed by atoms with Gasteiger partial charge in [0, 0.05) is 6.54 Å². The normalized spacial score (nSPS) is 15.9.